The molecule has 0 fully saturated rings. The minimum absolute atomic E-state index is 0.200. The summed E-state index contributed by atoms with van der Waals surface area (Å²) in [5, 5.41) is 8.09. The molecule has 0 atom stereocenters. The average Bonchev–Trinajstić information content (AvgIpc) is 2.47. The predicted octanol–water partition coefficient (Wildman–Crippen LogP) is -1.57. The smallest absolute Gasteiger partial charge is 0.201 e. The number of hydrogen-bond donors (Lipinski definition) is 6. The van der Waals surface area contributed by atoms with E-state index in [1.807, 2.05) is 0 Å². The van der Waals surface area contributed by atoms with Crippen molar-refractivity contribution >= 4 is 47.1 Å². The van der Waals surface area contributed by atoms with Gasteiger partial charge in [0.15, 0.2) is 0 Å². The first-order valence-electron chi connectivity index (χ1n) is 5.22. The van der Waals surface area contributed by atoms with Crippen molar-refractivity contribution in [3.63, 3.8) is 0 Å². The third kappa shape index (κ3) is 6.10. The van der Waals surface area contributed by atoms with Gasteiger partial charge in [0.2, 0.25) is 10.2 Å². The maximum absolute atomic E-state index is 5.07. The minimum atomic E-state index is 0.200. The predicted molar refractivity (Wildman–Crippen MR) is 85.5 cm³/mol. The summed E-state index contributed by atoms with van der Waals surface area (Å²) >= 11 is 9.50. The zero-order valence-electron chi connectivity index (χ0n) is 10.2. The number of pyridine rings is 1. The molecule has 1 aromatic heterocycles. The zero-order chi connectivity index (χ0) is 14.8. The molecule has 0 aliphatic heterocycles. The number of rotatable bonds is 4. The van der Waals surface area contributed by atoms with E-state index in [-0.39, 0.29) is 10.2 Å². The van der Waals surface area contributed by atoms with Gasteiger partial charge in [0.25, 0.3) is 0 Å². The van der Waals surface area contributed by atoms with E-state index in [0.717, 1.165) is 0 Å². The van der Waals surface area contributed by atoms with Gasteiger partial charge in [-0.05, 0) is 36.6 Å². The van der Waals surface area contributed by atoms with Crippen LogP contribution in [0.25, 0.3) is 0 Å². The van der Waals surface area contributed by atoms with Gasteiger partial charge < -0.3 is 0 Å². The highest BCUT2D eigenvalue weighted by atomic mass is 32.1. The molecule has 0 bridgehead atoms. The van der Waals surface area contributed by atoms with E-state index in [0.29, 0.717) is 11.4 Å². The Balaban J connectivity index is 2.61. The Hall–Kier alpha value is -2.21. The summed E-state index contributed by atoms with van der Waals surface area (Å²) in [6, 6.07) is 5.33. The Morgan fingerprint density at radius 1 is 1.00 bits per heavy atom. The molecule has 0 saturated heterocycles. The quantitative estimate of drug-likeness (QED) is 0.168. The molecule has 0 unspecified atom stereocenters. The summed E-state index contributed by atoms with van der Waals surface area (Å²) in [5.41, 5.74) is 10.7. The van der Waals surface area contributed by atoms with Crippen LogP contribution in [0.5, 0.6) is 0 Å². The van der Waals surface area contributed by atoms with Crippen LogP contribution in [0.3, 0.4) is 0 Å². The Kier molecular flexibility index (Phi) is 6.99. The topological polar surface area (TPSA) is 138 Å². The summed E-state index contributed by atoms with van der Waals surface area (Å²) < 4.78 is 0. The highest BCUT2D eigenvalue weighted by Crippen LogP contribution is 1.94. The van der Waals surface area contributed by atoms with E-state index in [1.165, 1.54) is 12.4 Å². The summed E-state index contributed by atoms with van der Waals surface area (Å²) in [5.74, 6) is 10.1. The van der Waals surface area contributed by atoms with Crippen LogP contribution in [0, 0.1) is 0 Å². The van der Waals surface area contributed by atoms with E-state index in [4.69, 9.17) is 36.1 Å². The van der Waals surface area contributed by atoms with Crippen LogP contribution in [-0.4, -0.2) is 27.6 Å². The second-order valence-electron chi connectivity index (χ2n) is 3.17. The highest BCUT2D eigenvalue weighted by molar-refractivity contribution is 7.80. The lowest BCUT2D eigenvalue weighted by Crippen LogP contribution is -2.37. The van der Waals surface area contributed by atoms with Gasteiger partial charge in [-0.15, -0.1) is 0 Å². The van der Waals surface area contributed by atoms with Crippen molar-refractivity contribution in [2.24, 2.45) is 21.9 Å². The number of hydrogen-bond acceptors (Lipinski definition) is 7. The SMILES string of the molecule is NNC(=S)N/N=C\c1cccc(/C=N/NC(=S)NN)n1. The summed E-state index contributed by atoms with van der Waals surface area (Å²) in [7, 11) is 0. The summed E-state index contributed by atoms with van der Waals surface area (Å²) in [6.45, 7) is 0. The van der Waals surface area contributed by atoms with Crippen molar-refractivity contribution < 1.29 is 0 Å². The van der Waals surface area contributed by atoms with Gasteiger partial charge in [-0.25, -0.2) is 16.7 Å². The highest BCUT2D eigenvalue weighted by Gasteiger charge is 1.94. The zero-order valence-corrected chi connectivity index (χ0v) is 11.8. The lowest BCUT2D eigenvalue weighted by Gasteiger charge is -2.00. The van der Waals surface area contributed by atoms with Crippen molar-refractivity contribution in [3.8, 4) is 0 Å². The maximum Gasteiger partial charge on any atom is 0.201 e. The van der Waals surface area contributed by atoms with Gasteiger partial charge >= 0.3 is 0 Å². The number of nitrogens with one attached hydrogen (secondary N) is 4. The standard InChI is InChI=1S/C9H13N9S2/c10-15-8(19)17-12-4-6-2-1-3-7(14-6)5-13-18-9(20)16-11/h1-5H,10-11H2,(H2,15,17,19)(H2,16,18,20)/b12-4-,13-5+. The fourth-order valence-corrected chi connectivity index (χ4v) is 1.10. The molecule has 9 nitrogen and oxygen atoms in total. The van der Waals surface area contributed by atoms with Crippen molar-refractivity contribution in [2.75, 3.05) is 0 Å². The Bertz CT molecular complexity index is 485. The van der Waals surface area contributed by atoms with E-state index in [9.17, 15) is 0 Å². The maximum atomic E-state index is 5.07. The molecule has 0 amide bonds. The monoisotopic (exact) mass is 311 g/mol. The van der Waals surface area contributed by atoms with Gasteiger partial charge in [0, 0.05) is 0 Å². The van der Waals surface area contributed by atoms with Crippen LogP contribution >= 0.6 is 24.4 Å². The van der Waals surface area contributed by atoms with Gasteiger partial charge in [0.1, 0.15) is 0 Å². The number of hydrazone groups is 2. The average molecular weight is 311 g/mol. The lowest BCUT2D eigenvalue weighted by atomic mass is 10.3. The normalized spacial score (nSPS) is 10.5. The first kappa shape index (κ1) is 15.8. The number of nitrogens with two attached hydrogens (primary N) is 2. The molecule has 0 spiro atoms. The Morgan fingerprint density at radius 3 is 1.85 bits per heavy atom. The first-order valence-corrected chi connectivity index (χ1v) is 6.03. The molecule has 0 saturated carbocycles. The third-order valence-electron chi connectivity index (χ3n) is 1.78. The van der Waals surface area contributed by atoms with Crippen LogP contribution in [0.4, 0.5) is 0 Å². The number of hydrazine groups is 2. The molecular formula is C9H13N9S2. The van der Waals surface area contributed by atoms with Crippen LogP contribution in [0.2, 0.25) is 0 Å². The molecule has 8 N–H and O–H groups in total. The van der Waals surface area contributed by atoms with E-state index in [2.05, 4.69) is 36.9 Å². The Morgan fingerprint density at radius 2 is 1.45 bits per heavy atom. The molecule has 0 aromatic carbocycles. The molecule has 20 heavy (non-hydrogen) atoms. The second kappa shape index (κ2) is 8.82. The number of nitrogens with zero attached hydrogens (tertiary/aromatic N) is 3. The van der Waals surface area contributed by atoms with Crippen LogP contribution in [-0.2, 0) is 0 Å². The fourth-order valence-electron chi connectivity index (χ4n) is 0.991. The minimum Gasteiger partial charge on any atom is -0.300 e. The van der Waals surface area contributed by atoms with Crippen molar-refractivity contribution in [3.05, 3.63) is 29.6 Å². The Labute approximate surface area is 125 Å². The molecule has 0 aliphatic rings. The summed E-state index contributed by atoms with van der Waals surface area (Å²) in [4.78, 5) is 4.25. The van der Waals surface area contributed by atoms with Gasteiger partial charge in [0.05, 0.1) is 23.8 Å². The van der Waals surface area contributed by atoms with Crippen LogP contribution in [0.1, 0.15) is 11.4 Å². The van der Waals surface area contributed by atoms with Gasteiger partial charge in [-0.3, -0.25) is 21.7 Å². The van der Waals surface area contributed by atoms with Gasteiger partial charge in [-0.1, -0.05) is 6.07 Å². The number of thiocarbonyl (C=S) groups is 2. The molecule has 1 rings (SSSR count). The van der Waals surface area contributed by atoms with Crippen LogP contribution < -0.4 is 33.4 Å². The van der Waals surface area contributed by atoms with Crippen molar-refractivity contribution in [1.29, 1.82) is 0 Å². The largest absolute Gasteiger partial charge is 0.300 e. The first-order chi connectivity index (χ1) is 9.65. The molecule has 106 valence electrons. The molecule has 0 aliphatic carbocycles. The van der Waals surface area contributed by atoms with Gasteiger partial charge in [-0.2, -0.15) is 10.2 Å². The van der Waals surface area contributed by atoms with E-state index in [1.54, 1.807) is 18.2 Å². The number of aromatic nitrogens is 1. The van der Waals surface area contributed by atoms with Crippen LogP contribution in [0.15, 0.2) is 28.4 Å². The fraction of sp³-hybridized carbons (Fsp3) is 0. The molecule has 1 aromatic rings. The van der Waals surface area contributed by atoms with Crippen molar-refractivity contribution in [1.82, 2.24) is 26.7 Å². The van der Waals surface area contributed by atoms with E-state index < -0.39 is 0 Å². The molecule has 0 radical (unpaired) electrons. The second-order valence-corrected chi connectivity index (χ2v) is 3.99. The third-order valence-corrected chi connectivity index (χ3v) is 2.20. The molecule has 11 heteroatoms. The molecular weight excluding hydrogens is 298 g/mol. The van der Waals surface area contributed by atoms with Crippen molar-refractivity contribution in [2.45, 2.75) is 0 Å². The lowest BCUT2D eigenvalue weighted by molar-refractivity contribution is 0.928. The van der Waals surface area contributed by atoms with E-state index >= 15 is 0 Å². The summed E-state index contributed by atoms with van der Waals surface area (Å²) in [6.07, 6.45) is 2.97. The molecule has 1 heterocycles.